The Labute approximate surface area is 134 Å². The molecule has 6 rings (SSSR count). The summed E-state index contributed by atoms with van der Waals surface area (Å²) in [5.41, 5.74) is 1.16. The number of nitrogens with one attached hydrogen (secondary N) is 1. The number of hydrogen-bond acceptors (Lipinski definition) is 4. The van der Waals surface area contributed by atoms with Gasteiger partial charge in [0, 0.05) is 5.54 Å². The fourth-order valence-electron chi connectivity index (χ4n) is 5.13. The Kier molecular flexibility index (Phi) is 2.71. The Hall–Kier alpha value is -1.39. The first-order chi connectivity index (χ1) is 10.7. The molecule has 0 amide bonds. The summed E-state index contributed by atoms with van der Waals surface area (Å²) in [6, 6.07) is 7.56. The lowest BCUT2D eigenvalue weighted by Gasteiger charge is -2.29. The maximum absolute atomic E-state index is 6.18. The predicted octanol–water partition coefficient (Wildman–Crippen LogP) is 3.67. The standard InChI is InChI=1S/C17H18ClN3O/c18-14-4-2-1-3-13(14)16-20-15(21-22-16)9-19-17-7-10-5-12(17)6-11(10)8-17/h1-4,10-12,19H,5-9H2. The summed E-state index contributed by atoms with van der Waals surface area (Å²) in [5.74, 6) is 4.04. The molecule has 1 heterocycles. The fourth-order valence-corrected chi connectivity index (χ4v) is 5.35. The second-order valence-corrected chi connectivity index (χ2v) is 7.51. The van der Waals surface area contributed by atoms with Gasteiger partial charge >= 0.3 is 0 Å². The molecule has 1 aromatic carbocycles. The highest BCUT2D eigenvalue weighted by Crippen LogP contribution is 2.65. The van der Waals surface area contributed by atoms with E-state index in [4.69, 9.17) is 16.1 Å². The Morgan fingerprint density at radius 1 is 1.23 bits per heavy atom. The first-order valence-electron chi connectivity index (χ1n) is 8.06. The number of rotatable bonds is 4. The summed E-state index contributed by atoms with van der Waals surface area (Å²) >= 11 is 6.18. The van der Waals surface area contributed by atoms with Gasteiger partial charge in [0.1, 0.15) is 0 Å². The summed E-state index contributed by atoms with van der Waals surface area (Å²) in [5, 5.41) is 8.50. The molecule has 114 valence electrons. The van der Waals surface area contributed by atoms with Crippen LogP contribution in [0.15, 0.2) is 28.8 Å². The van der Waals surface area contributed by atoms with Gasteiger partial charge in [-0.25, -0.2) is 0 Å². The van der Waals surface area contributed by atoms with Gasteiger partial charge in [0.15, 0.2) is 5.82 Å². The first kappa shape index (κ1) is 13.1. The van der Waals surface area contributed by atoms with E-state index in [2.05, 4.69) is 15.5 Å². The summed E-state index contributed by atoms with van der Waals surface area (Å²) in [6.45, 7) is 0.684. The Bertz CT molecular complexity index is 714. The van der Waals surface area contributed by atoms with E-state index in [9.17, 15) is 0 Å². The maximum Gasteiger partial charge on any atom is 0.259 e. The van der Waals surface area contributed by atoms with Gasteiger partial charge in [0.2, 0.25) is 0 Å². The van der Waals surface area contributed by atoms with Crippen molar-refractivity contribution in [3.8, 4) is 11.5 Å². The summed E-state index contributed by atoms with van der Waals surface area (Å²) in [6.07, 6.45) is 5.54. The van der Waals surface area contributed by atoms with Crippen LogP contribution in [0.2, 0.25) is 5.02 Å². The van der Waals surface area contributed by atoms with Crippen molar-refractivity contribution in [2.45, 2.75) is 37.8 Å². The van der Waals surface area contributed by atoms with E-state index in [1.807, 2.05) is 24.3 Å². The van der Waals surface area contributed by atoms with Crippen LogP contribution in [-0.4, -0.2) is 15.7 Å². The highest BCUT2D eigenvalue weighted by molar-refractivity contribution is 6.33. The minimum absolute atomic E-state index is 0.362. The lowest BCUT2D eigenvalue weighted by molar-refractivity contribution is 0.278. The summed E-state index contributed by atoms with van der Waals surface area (Å²) in [7, 11) is 0. The number of benzene rings is 1. The minimum atomic E-state index is 0.362. The highest BCUT2D eigenvalue weighted by atomic mass is 35.5. The average Bonchev–Trinajstić information content (AvgIpc) is 3.28. The SMILES string of the molecule is Clc1ccccc1-c1nc(CNC23CC4CC2CC4C3)no1. The van der Waals surface area contributed by atoms with Crippen molar-refractivity contribution >= 4 is 11.6 Å². The molecule has 5 heteroatoms. The molecule has 4 fully saturated rings. The van der Waals surface area contributed by atoms with Gasteiger partial charge in [0.05, 0.1) is 17.1 Å². The van der Waals surface area contributed by atoms with E-state index in [0.29, 0.717) is 23.0 Å². The Morgan fingerprint density at radius 3 is 2.68 bits per heavy atom. The molecular formula is C17H18ClN3O. The van der Waals surface area contributed by atoms with Crippen molar-refractivity contribution in [1.82, 2.24) is 15.5 Å². The molecule has 22 heavy (non-hydrogen) atoms. The van der Waals surface area contributed by atoms with Gasteiger partial charge < -0.3 is 9.84 Å². The quantitative estimate of drug-likeness (QED) is 0.935. The zero-order chi connectivity index (χ0) is 14.7. The van der Waals surface area contributed by atoms with E-state index < -0.39 is 0 Å². The van der Waals surface area contributed by atoms with Crippen molar-refractivity contribution in [2.24, 2.45) is 17.8 Å². The molecule has 0 aliphatic heterocycles. The lowest BCUT2D eigenvalue weighted by Crippen LogP contribution is -2.44. The van der Waals surface area contributed by atoms with E-state index in [-0.39, 0.29) is 0 Å². The molecule has 0 saturated heterocycles. The van der Waals surface area contributed by atoms with E-state index in [1.54, 1.807) is 0 Å². The minimum Gasteiger partial charge on any atom is -0.334 e. The lowest BCUT2D eigenvalue weighted by atomic mass is 9.91. The number of halogens is 1. The average molecular weight is 316 g/mol. The molecule has 0 spiro atoms. The summed E-state index contributed by atoms with van der Waals surface area (Å²) < 4.78 is 5.38. The smallest absolute Gasteiger partial charge is 0.259 e. The Morgan fingerprint density at radius 2 is 2.00 bits per heavy atom. The molecule has 4 nitrogen and oxygen atoms in total. The van der Waals surface area contributed by atoms with Crippen LogP contribution in [0, 0.1) is 17.8 Å². The summed E-state index contributed by atoms with van der Waals surface area (Å²) in [4.78, 5) is 4.50. The zero-order valence-electron chi connectivity index (χ0n) is 12.3. The van der Waals surface area contributed by atoms with Gasteiger partial charge in [-0.3, -0.25) is 0 Å². The van der Waals surface area contributed by atoms with Gasteiger partial charge in [-0.1, -0.05) is 28.9 Å². The van der Waals surface area contributed by atoms with Crippen LogP contribution >= 0.6 is 11.6 Å². The molecule has 1 N–H and O–H groups in total. The molecule has 2 aromatic rings. The molecule has 4 aliphatic rings. The molecule has 1 aromatic heterocycles. The van der Waals surface area contributed by atoms with Gasteiger partial charge in [-0.2, -0.15) is 4.98 Å². The molecule has 2 unspecified atom stereocenters. The third kappa shape index (κ3) is 1.80. The predicted molar refractivity (Wildman–Crippen MR) is 83.3 cm³/mol. The van der Waals surface area contributed by atoms with Crippen LogP contribution in [0.1, 0.15) is 31.5 Å². The first-order valence-corrected chi connectivity index (χ1v) is 8.44. The van der Waals surface area contributed by atoms with Crippen molar-refractivity contribution in [2.75, 3.05) is 0 Å². The number of hydrogen-bond donors (Lipinski definition) is 1. The van der Waals surface area contributed by atoms with Crippen molar-refractivity contribution in [1.29, 1.82) is 0 Å². The molecule has 4 saturated carbocycles. The highest BCUT2D eigenvalue weighted by Gasteiger charge is 2.62. The molecule has 0 radical (unpaired) electrons. The van der Waals surface area contributed by atoms with Crippen LogP contribution in [0.5, 0.6) is 0 Å². The van der Waals surface area contributed by atoms with Crippen LogP contribution < -0.4 is 5.32 Å². The van der Waals surface area contributed by atoms with Gasteiger partial charge in [0.25, 0.3) is 5.89 Å². The van der Waals surface area contributed by atoms with Gasteiger partial charge in [-0.15, -0.1) is 0 Å². The number of aromatic nitrogens is 2. The van der Waals surface area contributed by atoms with Crippen molar-refractivity contribution in [3.05, 3.63) is 35.1 Å². The van der Waals surface area contributed by atoms with Crippen molar-refractivity contribution in [3.63, 3.8) is 0 Å². The van der Waals surface area contributed by atoms with Gasteiger partial charge in [-0.05, 0) is 55.6 Å². The van der Waals surface area contributed by atoms with Crippen molar-refractivity contribution < 1.29 is 4.52 Å². The second-order valence-electron chi connectivity index (χ2n) is 7.10. The molecular weight excluding hydrogens is 298 g/mol. The third-order valence-electron chi connectivity index (χ3n) is 6.05. The largest absolute Gasteiger partial charge is 0.334 e. The van der Waals surface area contributed by atoms with E-state index in [0.717, 1.165) is 29.1 Å². The van der Waals surface area contributed by atoms with Crippen LogP contribution in [0.3, 0.4) is 0 Å². The van der Waals surface area contributed by atoms with E-state index in [1.165, 1.54) is 25.7 Å². The van der Waals surface area contributed by atoms with Crippen LogP contribution in [-0.2, 0) is 6.54 Å². The fraction of sp³-hybridized carbons (Fsp3) is 0.529. The molecule has 2 atom stereocenters. The van der Waals surface area contributed by atoms with E-state index >= 15 is 0 Å². The van der Waals surface area contributed by atoms with Crippen LogP contribution in [0.4, 0.5) is 0 Å². The zero-order valence-corrected chi connectivity index (χ0v) is 13.0. The maximum atomic E-state index is 6.18. The second kappa shape index (κ2) is 4.56. The molecule has 4 aliphatic carbocycles. The Balaban J connectivity index is 1.33. The topological polar surface area (TPSA) is 51.0 Å². The normalized spacial score (nSPS) is 34.9. The van der Waals surface area contributed by atoms with Crippen LogP contribution in [0.25, 0.3) is 11.5 Å². The molecule has 4 bridgehead atoms. The third-order valence-corrected chi connectivity index (χ3v) is 6.38. The number of nitrogens with zero attached hydrogens (tertiary/aromatic N) is 2. The monoisotopic (exact) mass is 315 g/mol.